The van der Waals surface area contributed by atoms with Gasteiger partial charge < -0.3 is 15.4 Å². The van der Waals surface area contributed by atoms with Crippen molar-refractivity contribution in [1.29, 1.82) is 0 Å². The summed E-state index contributed by atoms with van der Waals surface area (Å²) in [6.07, 6.45) is 9.48. The molecule has 0 saturated heterocycles. The van der Waals surface area contributed by atoms with Crippen molar-refractivity contribution in [3.63, 3.8) is 0 Å². The first-order valence-corrected chi connectivity index (χ1v) is 9.28. The van der Waals surface area contributed by atoms with Crippen LogP contribution in [0.5, 0.6) is 5.88 Å². The van der Waals surface area contributed by atoms with Crippen LogP contribution in [0.3, 0.4) is 0 Å². The molecule has 132 valence electrons. The molecule has 3 rings (SSSR count). The molecule has 2 fully saturated rings. The molecule has 5 heteroatoms. The van der Waals surface area contributed by atoms with Crippen molar-refractivity contribution in [3.05, 3.63) is 23.9 Å². The summed E-state index contributed by atoms with van der Waals surface area (Å²) in [5, 5.41) is 6.96. The number of guanidine groups is 1. The highest BCUT2D eigenvalue weighted by atomic mass is 16.5. The Balaban J connectivity index is 1.45. The lowest BCUT2D eigenvalue weighted by Gasteiger charge is -2.28. The predicted octanol–water partition coefficient (Wildman–Crippen LogP) is 3.11. The lowest BCUT2D eigenvalue weighted by Crippen LogP contribution is -2.44. The Morgan fingerprint density at radius 2 is 2.04 bits per heavy atom. The van der Waals surface area contributed by atoms with Crippen molar-refractivity contribution < 1.29 is 4.74 Å². The lowest BCUT2D eigenvalue weighted by molar-refractivity contribution is 0.288. The number of ether oxygens (including phenoxy) is 1. The molecule has 0 amide bonds. The second kappa shape index (κ2) is 8.36. The van der Waals surface area contributed by atoms with E-state index in [2.05, 4.69) is 27.5 Å². The molecule has 1 aromatic heterocycles. The van der Waals surface area contributed by atoms with Crippen molar-refractivity contribution in [2.24, 2.45) is 16.8 Å². The first-order valence-electron chi connectivity index (χ1n) is 9.28. The molecule has 2 aliphatic carbocycles. The Kier molecular flexibility index (Phi) is 5.94. The van der Waals surface area contributed by atoms with Crippen molar-refractivity contribution in [1.82, 2.24) is 15.6 Å². The van der Waals surface area contributed by atoms with Crippen molar-refractivity contribution in [2.75, 3.05) is 13.7 Å². The molecule has 2 N–H and O–H groups in total. The third-order valence-electron chi connectivity index (χ3n) is 5.00. The van der Waals surface area contributed by atoms with Crippen molar-refractivity contribution in [3.8, 4) is 5.88 Å². The Hall–Kier alpha value is -1.78. The number of pyridine rings is 1. The third kappa shape index (κ3) is 5.39. The fraction of sp³-hybridized carbons (Fsp3) is 0.684. The molecule has 0 unspecified atom stereocenters. The molecule has 0 radical (unpaired) electrons. The van der Waals surface area contributed by atoms with E-state index in [0.29, 0.717) is 6.04 Å². The van der Waals surface area contributed by atoms with E-state index in [1.807, 2.05) is 25.4 Å². The number of rotatable bonds is 6. The van der Waals surface area contributed by atoms with Crippen LogP contribution in [0.2, 0.25) is 0 Å². The standard InChI is InChI=1S/C19H30N4O/c1-14-3-7-17(8-4-14)23-19(20-2)22-12-16-9-10-21-18(11-16)24-13-15-5-6-15/h9-11,14-15,17H,3-8,12-13H2,1-2H3,(H2,20,22,23). The highest BCUT2D eigenvalue weighted by molar-refractivity contribution is 5.79. The molecule has 0 bridgehead atoms. The van der Waals surface area contributed by atoms with Gasteiger partial charge in [-0.15, -0.1) is 0 Å². The summed E-state index contributed by atoms with van der Waals surface area (Å²) in [6, 6.07) is 4.58. The van der Waals surface area contributed by atoms with Crippen LogP contribution in [0.4, 0.5) is 0 Å². The normalized spacial score (nSPS) is 24.5. The van der Waals surface area contributed by atoms with E-state index in [0.717, 1.165) is 42.4 Å². The molecule has 1 aromatic rings. The summed E-state index contributed by atoms with van der Waals surface area (Å²) in [4.78, 5) is 8.65. The van der Waals surface area contributed by atoms with Crippen molar-refractivity contribution >= 4 is 5.96 Å². The van der Waals surface area contributed by atoms with Gasteiger partial charge in [0, 0.05) is 31.9 Å². The van der Waals surface area contributed by atoms with Gasteiger partial charge in [0.05, 0.1) is 6.61 Å². The summed E-state index contributed by atoms with van der Waals surface area (Å²) in [5.74, 6) is 3.22. The predicted molar refractivity (Wildman–Crippen MR) is 97.2 cm³/mol. The minimum atomic E-state index is 0.544. The fourth-order valence-electron chi connectivity index (χ4n) is 3.11. The zero-order valence-electron chi connectivity index (χ0n) is 14.9. The van der Waals surface area contributed by atoms with Gasteiger partial charge in [-0.1, -0.05) is 6.92 Å². The fourth-order valence-corrected chi connectivity index (χ4v) is 3.11. The number of hydrogen-bond acceptors (Lipinski definition) is 3. The van der Waals surface area contributed by atoms with Gasteiger partial charge in [0.15, 0.2) is 5.96 Å². The number of hydrogen-bond donors (Lipinski definition) is 2. The molecule has 0 aliphatic heterocycles. The Bertz CT molecular complexity index is 548. The van der Waals surface area contributed by atoms with Gasteiger partial charge >= 0.3 is 0 Å². The van der Waals surface area contributed by atoms with Gasteiger partial charge in [0.2, 0.25) is 5.88 Å². The average Bonchev–Trinajstić information content (AvgIpc) is 3.43. The third-order valence-corrected chi connectivity index (χ3v) is 5.00. The van der Waals surface area contributed by atoms with Crippen LogP contribution in [-0.2, 0) is 6.54 Å². The average molecular weight is 330 g/mol. The van der Waals surface area contributed by atoms with Gasteiger partial charge in [0.25, 0.3) is 0 Å². The zero-order valence-corrected chi connectivity index (χ0v) is 14.9. The van der Waals surface area contributed by atoms with E-state index in [9.17, 15) is 0 Å². The van der Waals surface area contributed by atoms with Crippen LogP contribution >= 0.6 is 0 Å². The lowest BCUT2D eigenvalue weighted by atomic mass is 9.87. The Labute approximate surface area is 145 Å². The highest BCUT2D eigenvalue weighted by Gasteiger charge is 2.22. The first-order chi connectivity index (χ1) is 11.7. The summed E-state index contributed by atoms with van der Waals surface area (Å²) in [5.41, 5.74) is 1.16. The number of nitrogens with zero attached hydrogens (tertiary/aromatic N) is 2. The molecular weight excluding hydrogens is 300 g/mol. The minimum absolute atomic E-state index is 0.544. The smallest absolute Gasteiger partial charge is 0.213 e. The summed E-state index contributed by atoms with van der Waals surface area (Å²) < 4.78 is 5.75. The Morgan fingerprint density at radius 3 is 2.75 bits per heavy atom. The maximum absolute atomic E-state index is 5.75. The number of aromatic nitrogens is 1. The second-order valence-corrected chi connectivity index (χ2v) is 7.28. The van der Waals surface area contributed by atoms with Crippen LogP contribution in [0.25, 0.3) is 0 Å². The maximum atomic E-state index is 5.75. The molecule has 24 heavy (non-hydrogen) atoms. The topological polar surface area (TPSA) is 58.5 Å². The van der Waals surface area contributed by atoms with Gasteiger partial charge in [-0.3, -0.25) is 4.99 Å². The van der Waals surface area contributed by atoms with E-state index < -0.39 is 0 Å². The summed E-state index contributed by atoms with van der Waals surface area (Å²) >= 11 is 0. The number of nitrogens with one attached hydrogen (secondary N) is 2. The van der Waals surface area contributed by atoms with Crippen LogP contribution in [0.1, 0.15) is 51.0 Å². The van der Waals surface area contributed by atoms with Crippen LogP contribution < -0.4 is 15.4 Å². The van der Waals surface area contributed by atoms with E-state index in [1.54, 1.807) is 0 Å². The molecular formula is C19H30N4O. The molecule has 0 aromatic carbocycles. The quantitative estimate of drug-likeness (QED) is 0.621. The number of aliphatic imine (C=N–C) groups is 1. The largest absolute Gasteiger partial charge is 0.477 e. The van der Waals surface area contributed by atoms with Crippen LogP contribution in [0, 0.1) is 11.8 Å². The summed E-state index contributed by atoms with van der Waals surface area (Å²) in [6.45, 7) is 3.87. The molecule has 1 heterocycles. The van der Waals surface area contributed by atoms with Crippen LogP contribution in [-0.4, -0.2) is 30.6 Å². The van der Waals surface area contributed by atoms with Gasteiger partial charge in [-0.2, -0.15) is 0 Å². The molecule has 0 atom stereocenters. The molecule has 0 spiro atoms. The van der Waals surface area contributed by atoms with E-state index >= 15 is 0 Å². The van der Waals surface area contributed by atoms with Gasteiger partial charge in [-0.25, -0.2) is 4.98 Å². The highest BCUT2D eigenvalue weighted by Crippen LogP contribution is 2.29. The van der Waals surface area contributed by atoms with E-state index in [-0.39, 0.29) is 0 Å². The molecule has 5 nitrogen and oxygen atoms in total. The van der Waals surface area contributed by atoms with Gasteiger partial charge in [-0.05, 0) is 62.0 Å². The van der Waals surface area contributed by atoms with Gasteiger partial charge in [0.1, 0.15) is 0 Å². The van der Waals surface area contributed by atoms with E-state index in [1.165, 1.54) is 38.5 Å². The van der Waals surface area contributed by atoms with Crippen molar-refractivity contribution in [2.45, 2.75) is 58.0 Å². The molecule has 2 saturated carbocycles. The maximum Gasteiger partial charge on any atom is 0.213 e. The van der Waals surface area contributed by atoms with E-state index in [4.69, 9.17) is 4.74 Å². The second-order valence-electron chi connectivity index (χ2n) is 7.28. The minimum Gasteiger partial charge on any atom is -0.477 e. The zero-order chi connectivity index (χ0) is 16.8. The summed E-state index contributed by atoms with van der Waals surface area (Å²) in [7, 11) is 1.83. The Morgan fingerprint density at radius 1 is 1.25 bits per heavy atom. The SMILES string of the molecule is CN=C(NCc1ccnc(OCC2CC2)c1)NC1CCC(C)CC1. The first kappa shape index (κ1) is 17.1. The monoisotopic (exact) mass is 330 g/mol. The van der Waals surface area contributed by atoms with Crippen LogP contribution in [0.15, 0.2) is 23.3 Å². The molecule has 2 aliphatic rings.